The molecule has 0 aliphatic carbocycles. The number of carboxylic acid groups (broad SMARTS) is 1. The number of nitrogens with one attached hydrogen (secondary N) is 1. The third-order valence-corrected chi connectivity index (χ3v) is 2.88. The van der Waals surface area contributed by atoms with Crippen molar-refractivity contribution in [2.75, 3.05) is 0 Å². The van der Waals surface area contributed by atoms with E-state index in [4.69, 9.17) is 10.8 Å². The van der Waals surface area contributed by atoms with Crippen LogP contribution in [0.2, 0.25) is 0 Å². The van der Waals surface area contributed by atoms with Crippen molar-refractivity contribution in [3.8, 4) is 0 Å². The quantitative estimate of drug-likeness (QED) is 0.701. The van der Waals surface area contributed by atoms with Crippen molar-refractivity contribution < 1.29 is 14.7 Å². The Labute approximate surface area is 119 Å². The Hall–Kier alpha value is -1.88. The zero-order valence-electron chi connectivity index (χ0n) is 11.9. The molecule has 1 unspecified atom stereocenters. The van der Waals surface area contributed by atoms with Crippen LogP contribution in [-0.4, -0.2) is 23.0 Å². The topological polar surface area (TPSA) is 92.4 Å². The molecule has 0 heterocycles. The van der Waals surface area contributed by atoms with Crippen LogP contribution in [0.5, 0.6) is 0 Å². The third kappa shape index (κ3) is 5.84. The number of hydrogen-bond acceptors (Lipinski definition) is 3. The summed E-state index contributed by atoms with van der Waals surface area (Å²) in [4.78, 5) is 22.2. The SMILES string of the molecule is CC(C)CC(=O)NCc1ccc(CC(N)C(=O)O)cc1. The van der Waals surface area contributed by atoms with Crippen molar-refractivity contribution in [1.82, 2.24) is 5.32 Å². The predicted molar refractivity (Wildman–Crippen MR) is 77.1 cm³/mol. The van der Waals surface area contributed by atoms with Gasteiger partial charge in [0.05, 0.1) is 0 Å². The van der Waals surface area contributed by atoms with E-state index < -0.39 is 12.0 Å². The molecule has 0 fully saturated rings. The average molecular weight is 278 g/mol. The van der Waals surface area contributed by atoms with Gasteiger partial charge < -0.3 is 16.2 Å². The Balaban J connectivity index is 2.46. The first kappa shape index (κ1) is 16.2. The second-order valence-electron chi connectivity index (χ2n) is 5.34. The zero-order valence-corrected chi connectivity index (χ0v) is 11.9. The fourth-order valence-electron chi connectivity index (χ4n) is 1.78. The van der Waals surface area contributed by atoms with Gasteiger partial charge in [-0.05, 0) is 23.5 Å². The van der Waals surface area contributed by atoms with Crippen LogP contribution in [0.15, 0.2) is 24.3 Å². The smallest absolute Gasteiger partial charge is 0.320 e. The van der Waals surface area contributed by atoms with Gasteiger partial charge in [0, 0.05) is 13.0 Å². The van der Waals surface area contributed by atoms with Gasteiger partial charge in [0.2, 0.25) is 5.91 Å². The summed E-state index contributed by atoms with van der Waals surface area (Å²) in [7, 11) is 0. The van der Waals surface area contributed by atoms with Crippen LogP contribution in [0.1, 0.15) is 31.4 Å². The van der Waals surface area contributed by atoms with Gasteiger partial charge in [0.1, 0.15) is 6.04 Å². The molecule has 1 aromatic rings. The molecule has 1 amide bonds. The van der Waals surface area contributed by atoms with Gasteiger partial charge in [-0.2, -0.15) is 0 Å². The summed E-state index contributed by atoms with van der Waals surface area (Å²) in [6.07, 6.45) is 0.820. The third-order valence-electron chi connectivity index (χ3n) is 2.88. The lowest BCUT2D eigenvalue weighted by atomic mass is 10.0. The van der Waals surface area contributed by atoms with E-state index in [-0.39, 0.29) is 5.91 Å². The molecule has 0 saturated carbocycles. The largest absolute Gasteiger partial charge is 0.480 e. The Kier molecular flexibility index (Phi) is 6.18. The van der Waals surface area contributed by atoms with Gasteiger partial charge in [-0.3, -0.25) is 9.59 Å². The summed E-state index contributed by atoms with van der Waals surface area (Å²) in [5, 5.41) is 11.6. The first-order chi connectivity index (χ1) is 9.38. The molecule has 0 aromatic heterocycles. The van der Waals surface area contributed by atoms with Crippen LogP contribution >= 0.6 is 0 Å². The molecule has 1 aromatic carbocycles. The number of carboxylic acids is 1. The molecule has 0 bridgehead atoms. The van der Waals surface area contributed by atoms with E-state index >= 15 is 0 Å². The highest BCUT2D eigenvalue weighted by Crippen LogP contribution is 2.07. The first-order valence-corrected chi connectivity index (χ1v) is 6.71. The maximum absolute atomic E-state index is 11.5. The molecule has 0 spiro atoms. The van der Waals surface area contributed by atoms with Crippen LogP contribution < -0.4 is 11.1 Å². The number of carbonyl (C=O) groups is 2. The molecule has 0 aliphatic rings. The lowest BCUT2D eigenvalue weighted by molar-refractivity contribution is -0.138. The fourth-order valence-corrected chi connectivity index (χ4v) is 1.78. The second-order valence-corrected chi connectivity index (χ2v) is 5.34. The van der Waals surface area contributed by atoms with Crippen molar-refractivity contribution in [2.45, 2.75) is 39.3 Å². The molecule has 0 aliphatic heterocycles. The van der Waals surface area contributed by atoms with Crippen LogP contribution in [0.3, 0.4) is 0 Å². The summed E-state index contributed by atoms with van der Waals surface area (Å²) < 4.78 is 0. The fraction of sp³-hybridized carbons (Fsp3) is 0.467. The average Bonchev–Trinajstić information content (AvgIpc) is 2.37. The van der Waals surface area contributed by atoms with Gasteiger partial charge in [0.25, 0.3) is 0 Å². The highest BCUT2D eigenvalue weighted by molar-refractivity contribution is 5.76. The molecule has 20 heavy (non-hydrogen) atoms. The molecule has 110 valence electrons. The number of rotatable bonds is 7. The van der Waals surface area contributed by atoms with Crippen molar-refractivity contribution in [2.24, 2.45) is 11.7 Å². The van der Waals surface area contributed by atoms with Crippen LogP contribution in [0.25, 0.3) is 0 Å². The predicted octanol–water partition coefficient (Wildman–Crippen LogP) is 1.30. The van der Waals surface area contributed by atoms with Gasteiger partial charge in [-0.25, -0.2) is 0 Å². The van der Waals surface area contributed by atoms with Crippen LogP contribution in [-0.2, 0) is 22.6 Å². The molecule has 5 nitrogen and oxygen atoms in total. The van der Waals surface area contributed by atoms with Crippen LogP contribution in [0.4, 0.5) is 0 Å². The molecule has 4 N–H and O–H groups in total. The Morgan fingerprint density at radius 2 is 1.75 bits per heavy atom. The highest BCUT2D eigenvalue weighted by Gasteiger charge is 2.11. The minimum Gasteiger partial charge on any atom is -0.480 e. The maximum Gasteiger partial charge on any atom is 0.320 e. The van der Waals surface area contributed by atoms with E-state index in [1.807, 2.05) is 38.1 Å². The summed E-state index contributed by atoms with van der Waals surface area (Å²) >= 11 is 0. The van der Waals surface area contributed by atoms with E-state index in [1.165, 1.54) is 0 Å². The molecular formula is C15H22N2O3. The standard InChI is InChI=1S/C15H22N2O3/c1-10(2)7-14(18)17-9-12-5-3-11(4-6-12)8-13(16)15(19)20/h3-6,10,13H,7-9,16H2,1-2H3,(H,17,18)(H,19,20). The lowest BCUT2D eigenvalue weighted by Gasteiger charge is -2.09. The second kappa shape index (κ2) is 7.65. The van der Waals surface area contributed by atoms with Crippen molar-refractivity contribution in [3.63, 3.8) is 0 Å². The van der Waals surface area contributed by atoms with E-state index in [0.29, 0.717) is 25.3 Å². The number of amides is 1. The van der Waals surface area contributed by atoms with Gasteiger partial charge in [-0.1, -0.05) is 38.1 Å². The van der Waals surface area contributed by atoms with E-state index in [9.17, 15) is 9.59 Å². The molecule has 5 heteroatoms. The molecule has 1 atom stereocenters. The number of carbonyl (C=O) groups excluding carboxylic acids is 1. The first-order valence-electron chi connectivity index (χ1n) is 6.71. The highest BCUT2D eigenvalue weighted by atomic mass is 16.4. The molecule has 1 rings (SSSR count). The van der Waals surface area contributed by atoms with Gasteiger partial charge in [-0.15, -0.1) is 0 Å². The van der Waals surface area contributed by atoms with Crippen molar-refractivity contribution >= 4 is 11.9 Å². The lowest BCUT2D eigenvalue weighted by Crippen LogP contribution is -2.32. The zero-order chi connectivity index (χ0) is 15.1. The van der Waals surface area contributed by atoms with Crippen molar-refractivity contribution in [3.05, 3.63) is 35.4 Å². The van der Waals surface area contributed by atoms with Gasteiger partial charge >= 0.3 is 5.97 Å². The van der Waals surface area contributed by atoms with Gasteiger partial charge in [0.15, 0.2) is 0 Å². The summed E-state index contributed by atoms with van der Waals surface area (Å²) in [5.74, 6) is -0.623. The van der Waals surface area contributed by atoms with Crippen LogP contribution in [0, 0.1) is 5.92 Å². The van der Waals surface area contributed by atoms with E-state index in [1.54, 1.807) is 0 Å². The monoisotopic (exact) mass is 278 g/mol. The number of nitrogens with two attached hydrogens (primary N) is 1. The van der Waals surface area contributed by atoms with E-state index in [0.717, 1.165) is 11.1 Å². The Morgan fingerprint density at radius 1 is 1.20 bits per heavy atom. The number of benzene rings is 1. The summed E-state index contributed by atoms with van der Waals surface area (Å²) in [6.45, 7) is 4.48. The molecule has 0 radical (unpaired) electrons. The molecular weight excluding hydrogens is 256 g/mol. The number of aliphatic carboxylic acids is 1. The van der Waals surface area contributed by atoms with E-state index in [2.05, 4.69) is 5.32 Å². The minimum atomic E-state index is -1.00. The Bertz CT molecular complexity index is 455. The summed E-state index contributed by atoms with van der Waals surface area (Å²) in [6, 6.07) is 6.55. The Morgan fingerprint density at radius 3 is 2.25 bits per heavy atom. The van der Waals surface area contributed by atoms with Crippen molar-refractivity contribution in [1.29, 1.82) is 0 Å². The summed E-state index contributed by atoms with van der Waals surface area (Å²) in [5.41, 5.74) is 7.33. The minimum absolute atomic E-state index is 0.0389. The maximum atomic E-state index is 11.5. The molecule has 0 saturated heterocycles. The number of hydrogen-bond donors (Lipinski definition) is 3. The normalized spacial score (nSPS) is 12.2.